The molecule has 3 heteroatoms. The standard InChI is InChI=1S/C16H26N2O/c1-14-5-6-15(8-10-19-4)11-16(13-17-12-14)7-9-18(2)3/h5-6,11-13,17H,7-10H2,1-4H3. The van der Waals surface area contributed by atoms with E-state index in [-0.39, 0.29) is 0 Å². The number of nitrogens with zero attached hydrogens (tertiary/aromatic N) is 1. The van der Waals surface area contributed by atoms with Crippen LogP contribution in [0.25, 0.3) is 0 Å². The van der Waals surface area contributed by atoms with E-state index in [1.54, 1.807) is 7.11 Å². The van der Waals surface area contributed by atoms with Crippen molar-refractivity contribution >= 4 is 0 Å². The van der Waals surface area contributed by atoms with Gasteiger partial charge in [-0.2, -0.15) is 0 Å². The van der Waals surface area contributed by atoms with E-state index in [2.05, 4.69) is 55.3 Å². The SMILES string of the molecule is COCCc1ccc(C)c[nH]cc(CCN(C)C)c1. The second-order valence-corrected chi connectivity index (χ2v) is 5.12. The van der Waals surface area contributed by atoms with Crippen LogP contribution in [0.3, 0.4) is 0 Å². The third kappa shape index (κ3) is 6.99. The highest BCUT2D eigenvalue weighted by molar-refractivity contribution is 5.20. The fourth-order valence-corrected chi connectivity index (χ4v) is 1.77. The average Bonchev–Trinajstić information content (AvgIpc) is 2.45. The number of aromatic amines is 1. The zero-order valence-electron chi connectivity index (χ0n) is 12.6. The molecule has 0 saturated carbocycles. The molecule has 1 rings (SSSR count). The van der Waals surface area contributed by atoms with Crippen molar-refractivity contribution in [2.24, 2.45) is 0 Å². The lowest BCUT2D eigenvalue weighted by molar-refractivity contribution is 0.202. The smallest absolute Gasteiger partial charge is 0.0502 e. The van der Waals surface area contributed by atoms with Gasteiger partial charge in [0.25, 0.3) is 0 Å². The molecule has 0 aliphatic rings. The fraction of sp³-hybridized carbons (Fsp3) is 0.500. The molecule has 1 heterocycles. The second kappa shape index (κ2) is 8.73. The third-order valence-electron chi connectivity index (χ3n) is 2.95. The van der Waals surface area contributed by atoms with Gasteiger partial charge in [0.15, 0.2) is 0 Å². The van der Waals surface area contributed by atoms with Crippen LogP contribution in [0.5, 0.6) is 0 Å². The lowest BCUT2D eigenvalue weighted by Gasteiger charge is -2.08. The Bertz CT molecular complexity index is 423. The van der Waals surface area contributed by atoms with Crippen molar-refractivity contribution < 1.29 is 4.74 Å². The molecule has 0 aliphatic carbocycles. The third-order valence-corrected chi connectivity index (χ3v) is 2.95. The Balaban J connectivity index is 3.01. The van der Waals surface area contributed by atoms with Crippen LogP contribution in [0.1, 0.15) is 16.7 Å². The van der Waals surface area contributed by atoms with E-state index in [0.717, 1.165) is 26.0 Å². The number of aryl methyl sites for hydroxylation is 1. The highest BCUT2D eigenvalue weighted by atomic mass is 16.5. The van der Waals surface area contributed by atoms with Crippen LogP contribution in [0.4, 0.5) is 0 Å². The monoisotopic (exact) mass is 262 g/mol. The summed E-state index contributed by atoms with van der Waals surface area (Å²) in [5, 5.41) is 0. The molecule has 0 radical (unpaired) electrons. The van der Waals surface area contributed by atoms with Crippen molar-refractivity contribution in [2.75, 3.05) is 34.4 Å². The minimum atomic E-state index is 0.757. The largest absolute Gasteiger partial charge is 0.384 e. The van der Waals surface area contributed by atoms with Crippen LogP contribution in [-0.2, 0) is 17.6 Å². The molecule has 0 unspecified atom stereocenters. The Labute approximate surface area is 116 Å². The number of nitrogens with one attached hydrogen (secondary N) is 1. The number of hydrogen-bond acceptors (Lipinski definition) is 2. The first kappa shape index (κ1) is 15.7. The first-order valence-electron chi connectivity index (χ1n) is 6.76. The number of likely N-dealkylation sites (N-methyl/N-ethyl adjacent to an activating group) is 1. The molecule has 0 aliphatic heterocycles. The molecule has 1 aromatic rings. The molecule has 0 aromatic carbocycles. The predicted octanol–water partition coefficient (Wildman–Crippen LogP) is 2.74. The second-order valence-electron chi connectivity index (χ2n) is 5.12. The van der Waals surface area contributed by atoms with Crippen LogP contribution >= 0.6 is 0 Å². The van der Waals surface area contributed by atoms with Gasteiger partial charge in [0.2, 0.25) is 0 Å². The highest BCUT2D eigenvalue weighted by Crippen LogP contribution is 2.05. The van der Waals surface area contributed by atoms with E-state index in [4.69, 9.17) is 4.74 Å². The summed E-state index contributed by atoms with van der Waals surface area (Å²) >= 11 is 0. The van der Waals surface area contributed by atoms with Crippen LogP contribution in [0, 0.1) is 6.92 Å². The normalized spacial score (nSPS) is 10.6. The molecule has 3 nitrogen and oxygen atoms in total. The van der Waals surface area contributed by atoms with Crippen molar-refractivity contribution in [2.45, 2.75) is 19.8 Å². The van der Waals surface area contributed by atoms with Gasteiger partial charge in [-0.15, -0.1) is 0 Å². The molecule has 0 fully saturated rings. The summed E-state index contributed by atoms with van der Waals surface area (Å²) in [6.07, 6.45) is 6.10. The van der Waals surface area contributed by atoms with E-state index >= 15 is 0 Å². The first-order chi connectivity index (χ1) is 9.11. The molecule has 0 bridgehead atoms. The average molecular weight is 262 g/mol. The first-order valence-corrected chi connectivity index (χ1v) is 6.76. The van der Waals surface area contributed by atoms with E-state index in [0.29, 0.717) is 0 Å². The molecule has 0 amide bonds. The Morgan fingerprint density at radius 3 is 2.58 bits per heavy atom. The summed E-state index contributed by atoms with van der Waals surface area (Å²) in [6.45, 7) is 3.90. The zero-order chi connectivity index (χ0) is 14.1. The number of aromatic nitrogens is 1. The molecule has 0 spiro atoms. The van der Waals surface area contributed by atoms with Crippen molar-refractivity contribution in [3.63, 3.8) is 0 Å². The Hall–Kier alpha value is -1.32. The quantitative estimate of drug-likeness (QED) is 0.854. The summed E-state index contributed by atoms with van der Waals surface area (Å²) in [6, 6.07) is 6.58. The van der Waals surface area contributed by atoms with Gasteiger partial charge in [0.05, 0.1) is 6.61 Å². The Morgan fingerprint density at radius 1 is 1.11 bits per heavy atom. The van der Waals surface area contributed by atoms with Gasteiger partial charge in [0.1, 0.15) is 0 Å². The van der Waals surface area contributed by atoms with Gasteiger partial charge in [-0.25, -0.2) is 0 Å². The molecular weight excluding hydrogens is 236 g/mol. The van der Waals surface area contributed by atoms with Gasteiger partial charge in [-0.05, 0) is 50.6 Å². The van der Waals surface area contributed by atoms with Crippen molar-refractivity contribution in [3.05, 3.63) is 47.3 Å². The topological polar surface area (TPSA) is 28.3 Å². The van der Waals surface area contributed by atoms with Gasteiger partial charge in [-0.1, -0.05) is 18.2 Å². The molecule has 1 aromatic heterocycles. The van der Waals surface area contributed by atoms with Gasteiger partial charge < -0.3 is 14.6 Å². The number of hydrogen-bond donors (Lipinski definition) is 1. The minimum absolute atomic E-state index is 0.757. The van der Waals surface area contributed by atoms with Crippen molar-refractivity contribution in [1.82, 2.24) is 9.88 Å². The lowest BCUT2D eigenvalue weighted by atomic mass is 10.1. The maximum absolute atomic E-state index is 5.18. The summed E-state index contributed by atoms with van der Waals surface area (Å²) in [5.74, 6) is 0. The van der Waals surface area contributed by atoms with Crippen LogP contribution in [0.15, 0.2) is 30.6 Å². The van der Waals surface area contributed by atoms with Gasteiger partial charge in [0, 0.05) is 26.0 Å². The maximum atomic E-state index is 5.18. The predicted molar refractivity (Wildman–Crippen MR) is 81.0 cm³/mol. The molecular formula is C16H26N2O. The minimum Gasteiger partial charge on any atom is -0.384 e. The molecule has 1 N–H and O–H groups in total. The van der Waals surface area contributed by atoms with Crippen molar-refractivity contribution in [1.29, 1.82) is 0 Å². The summed E-state index contributed by atoms with van der Waals surface area (Å²) in [5.41, 5.74) is 3.84. The maximum Gasteiger partial charge on any atom is 0.0502 e. The number of H-pyrrole nitrogens is 1. The van der Waals surface area contributed by atoms with Crippen LogP contribution in [-0.4, -0.2) is 44.2 Å². The zero-order valence-corrected chi connectivity index (χ0v) is 12.6. The summed E-state index contributed by atoms with van der Waals surface area (Å²) in [7, 11) is 5.94. The van der Waals surface area contributed by atoms with Gasteiger partial charge in [-0.3, -0.25) is 0 Å². The molecule has 0 saturated heterocycles. The molecule has 0 atom stereocenters. The summed E-state index contributed by atoms with van der Waals surface area (Å²) in [4.78, 5) is 5.46. The summed E-state index contributed by atoms with van der Waals surface area (Å²) < 4.78 is 5.18. The Kier molecular flexibility index (Phi) is 7.23. The molecule has 19 heavy (non-hydrogen) atoms. The molecule has 106 valence electrons. The highest BCUT2D eigenvalue weighted by Gasteiger charge is 1.96. The van der Waals surface area contributed by atoms with Gasteiger partial charge >= 0.3 is 0 Å². The van der Waals surface area contributed by atoms with E-state index in [9.17, 15) is 0 Å². The number of rotatable bonds is 6. The van der Waals surface area contributed by atoms with E-state index in [1.807, 2.05) is 6.20 Å². The van der Waals surface area contributed by atoms with E-state index in [1.165, 1.54) is 16.7 Å². The van der Waals surface area contributed by atoms with Crippen LogP contribution < -0.4 is 0 Å². The number of ether oxygens (including phenoxy) is 1. The van der Waals surface area contributed by atoms with Crippen LogP contribution in [0.2, 0.25) is 0 Å². The van der Waals surface area contributed by atoms with Crippen molar-refractivity contribution in [3.8, 4) is 0 Å². The fourth-order valence-electron chi connectivity index (χ4n) is 1.77. The lowest BCUT2D eigenvalue weighted by Crippen LogP contribution is -2.15. The van der Waals surface area contributed by atoms with E-state index < -0.39 is 0 Å². The Morgan fingerprint density at radius 2 is 1.89 bits per heavy atom. The number of methoxy groups -OCH3 is 1.